The zero-order valence-corrected chi connectivity index (χ0v) is 15.7. The Kier molecular flexibility index (Phi) is 7.36. The molecule has 0 heterocycles. The van der Waals surface area contributed by atoms with Gasteiger partial charge in [0.25, 0.3) is 5.91 Å². The number of likely N-dealkylation sites (N-methyl/N-ethyl adjacent to an activating group) is 1. The quantitative estimate of drug-likeness (QED) is 0.668. The molecule has 0 saturated carbocycles. The SMILES string of the molecule is CCNC(=O)[C@@H](C)NC(=O)C[NH2+][C@@H](c1ccccc1)c1ccc(C)cc1. The van der Waals surface area contributed by atoms with Gasteiger partial charge < -0.3 is 16.0 Å². The molecule has 2 atom stereocenters. The Morgan fingerprint density at radius 3 is 2.23 bits per heavy atom. The number of amides is 2. The largest absolute Gasteiger partial charge is 0.355 e. The van der Waals surface area contributed by atoms with Crippen LogP contribution in [0.2, 0.25) is 0 Å². The molecule has 2 amide bonds. The number of benzene rings is 2. The van der Waals surface area contributed by atoms with Crippen molar-refractivity contribution in [1.82, 2.24) is 10.6 Å². The molecular weight excluding hydrogens is 326 g/mol. The first-order valence-electron chi connectivity index (χ1n) is 9.03. The van der Waals surface area contributed by atoms with E-state index in [1.54, 1.807) is 6.92 Å². The highest BCUT2D eigenvalue weighted by Gasteiger charge is 2.20. The lowest BCUT2D eigenvalue weighted by Crippen LogP contribution is -2.88. The summed E-state index contributed by atoms with van der Waals surface area (Å²) in [6.07, 6.45) is 0. The van der Waals surface area contributed by atoms with E-state index < -0.39 is 6.04 Å². The van der Waals surface area contributed by atoms with E-state index in [0.29, 0.717) is 6.54 Å². The summed E-state index contributed by atoms with van der Waals surface area (Å²) < 4.78 is 0. The van der Waals surface area contributed by atoms with Gasteiger partial charge in [0.2, 0.25) is 5.91 Å². The molecule has 4 N–H and O–H groups in total. The van der Waals surface area contributed by atoms with E-state index in [9.17, 15) is 9.59 Å². The van der Waals surface area contributed by atoms with Crippen molar-refractivity contribution in [1.29, 1.82) is 0 Å². The van der Waals surface area contributed by atoms with Crippen LogP contribution >= 0.6 is 0 Å². The van der Waals surface area contributed by atoms with Gasteiger partial charge >= 0.3 is 0 Å². The van der Waals surface area contributed by atoms with Gasteiger partial charge in [-0.05, 0) is 20.8 Å². The van der Waals surface area contributed by atoms with Crippen LogP contribution in [0.4, 0.5) is 0 Å². The van der Waals surface area contributed by atoms with Gasteiger partial charge in [-0.1, -0.05) is 60.2 Å². The van der Waals surface area contributed by atoms with E-state index in [1.807, 2.05) is 30.4 Å². The maximum Gasteiger partial charge on any atom is 0.275 e. The molecule has 0 aliphatic heterocycles. The molecule has 2 aromatic carbocycles. The van der Waals surface area contributed by atoms with E-state index in [2.05, 4.69) is 54.0 Å². The summed E-state index contributed by atoms with van der Waals surface area (Å²) in [5.41, 5.74) is 3.49. The van der Waals surface area contributed by atoms with Crippen molar-refractivity contribution < 1.29 is 14.9 Å². The Morgan fingerprint density at radius 1 is 1.00 bits per heavy atom. The van der Waals surface area contributed by atoms with Crippen LogP contribution in [0.5, 0.6) is 0 Å². The van der Waals surface area contributed by atoms with Gasteiger partial charge in [0.1, 0.15) is 12.1 Å². The van der Waals surface area contributed by atoms with Crippen molar-refractivity contribution in [3.8, 4) is 0 Å². The summed E-state index contributed by atoms with van der Waals surface area (Å²) >= 11 is 0. The molecule has 0 bridgehead atoms. The number of hydrogen-bond acceptors (Lipinski definition) is 2. The lowest BCUT2D eigenvalue weighted by atomic mass is 9.98. The van der Waals surface area contributed by atoms with Gasteiger partial charge in [0.05, 0.1) is 0 Å². The molecule has 26 heavy (non-hydrogen) atoms. The van der Waals surface area contributed by atoms with Gasteiger partial charge in [-0.3, -0.25) is 9.59 Å². The predicted molar refractivity (Wildman–Crippen MR) is 103 cm³/mol. The highest BCUT2D eigenvalue weighted by atomic mass is 16.2. The Balaban J connectivity index is 2.04. The average molecular weight is 354 g/mol. The summed E-state index contributed by atoms with van der Waals surface area (Å²) in [6.45, 7) is 6.40. The van der Waals surface area contributed by atoms with E-state index in [4.69, 9.17) is 0 Å². The van der Waals surface area contributed by atoms with E-state index in [-0.39, 0.29) is 24.4 Å². The third-order valence-electron chi connectivity index (χ3n) is 4.26. The van der Waals surface area contributed by atoms with Crippen LogP contribution in [0, 0.1) is 6.92 Å². The minimum absolute atomic E-state index is 0.0299. The fourth-order valence-electron chi connectivity index (χ4n) is 2.82. The summed E-state index contributed by atoms with van der Waals surface area (Å²) in [5.74, 6) is -0.323. The van der Waals surface area contributed by atoms with Gasteiger partial charge in [0.15, 0.2) is 6.54 Å². The number of quaternary nitrogens is 1. The molecule has 0 spiro atoms. The summed E-state index contributed by atoms with van der Waals surface area (Å²) in [5, 5.41) is 7.46. The highest BCUT2D eigenvalue weighted by Crippen LogP contribution is 2.18. The Morgan fingerprint density at radius 2 is 1.62 bits per heavy atom. The number of carbonyl (C=O) groups is 2. The molecule has 5 nitrogen and oxygen atoms in total. The van der Waals surface area contributed by atoms with E-state index in [1.165, 1.54) is 5.56 Å². The molecule has 0 aliphatic rings. The lowest BCUT2D eigenvalue weighted by molar-refractivity contribution is -0.676. The molecule has 2 aromatic rings. The molecule has 0 unspecified atom stereocenters. The van der Waals surface area contributed by atoms with Gasteiger partial charge in [0, 0.05) is 17.7 Å². The van der Waals surface area contributed by atoms with Crippen molar-refractivity contribution in [2.45, 2.75) is 32.9 Å². The molecule has 138 valence electrons. The van der Waals surface area contributed by atoms with Crippen molar-refractivity contribution in [2.75, 3.05) is 13.1 Å². The second-order valence-electron chi connectivity index (χ2n) is 6.42. The first-order valence-corrected chi connectivity index (χ1v) is 9.03. The summed E-state index contributed by atoms with van der Waals surface area (Å²) in [7, 11) is 0. The highest BCUT2D eigenvalue weighted by molar-refractivity contribution is 5.87. The zero-order valence-electron chi connectivity index (χ0n) is 15.7. The summed E-state index contributed by atoms with van der Waals surface area (Å²) in [4.78, 5) is 24.0. The van der Waals surface area contributed by atoms with Crippen LogP contribution in [0.15, 0.2) is 54.6 Å². The summed E-state index contributed by atoms with van der Waals surface area (Å²) in [6, 6.07) is 18.0. The van der Waals surface area contributed by atoms with Crippen molar-refractivity contribution in [2.24, 2.45) is 0 Å². The van der Waals surface area contributed by atoms with Crippen LogP contribution in [0.3, 0.4) is 0 Å². The Bertz CT molecular complexity index is 714. The smallest absolute Gasteiger partial charge is 0.275 e. The number of nitrogens with one attached hydrogen (secondary N) is 2. The Labute approximate surface area is 155 Å². The zero-order chi connectivity index (χ0) is 18.9. The topological polar surface area (TPSA) is 74.8 Å². The number of hydrogen-bond donors (Lipinski definition) is 3. The van der Waals surface area contributed by atoms with Crippen LogP contribution in [-0.2, 0) is 9.59 Å². The van der Waals surface area contributed by atoms with Crippen LogP contribution in [0.25, 0.3) is 0 Å². The molecule has 0 aliphatic carbocycles. The molecule has 0 fully saturated rings. The van der Waals surface area contributed by atoms with Crippen LogP contribution in [0.1, 0.15) is 36.6 Å². The minimum Gasteiger partial charge on any atom is -0.355 e. The fourth-order valence-corrected chi connectivity index (χ4v) is 2.82. The second-order valence-corrected chi connectivity index (χ2v) is 6.42. The van der Waals surface area contributed by atoms with E-state index >= 15 is 0 Å². The average Bonchev–Trinajstić information content (AvgIpc) is 2.64. The Hall–Kier alpha value is -2.66. The number of rotatable bonds is 8. The molecule has 5 heteroatoms. The molecule has 2 rings (SSSR count). The third kappa shape index (κ3) is 5.70. The monoisotopic (exact) mass is 354 g/mol. The maximum absolute atomic E-state index is 12.3. The number of nitrogens with two attached hydrogens (primary N) is 1. The lowest BCUT2D eigenvalue weighted by Gasteiger charge is -2.18. The molecule has 0 aromatic heterocycles. The van der Waals surface area contributed by atoms with Crippen molar-refractivity contribution in [3.63, 3.8) is 0 Å². The van der Waals surface area contributed by atoms with E-state index in [0.717, 1.165) is 11.1 Å². The molecular formula is C21H28N3O2+. The van der Waals surface area contributed by atoms with Gasteiger partial charge in [-0.2, -0.15) is 0 Å². The number of aryl methyl sites for hydroxylation is 1. The van der Waals surface area contributed by atoms with Crippen molar-refractivity contribution in [3.05, 3.63) is 71.3 Å². The standard InChI is InChI=1S/C21H27N3O2/c1-4-22-21(26)16(3)24-19(25)14-23-20(17-8-6-5-7-9-17)18-12-10-15(2)11-13-18/h5-13,16,20,23H,4,14H2,1-3H3,(H,22,26)(H,24,25)/p+1/t16-,20+/m1/s1. The normalized spacial score (nSPS) is 12.9. The van der Waals surface area contributed by atoms with Gasteiger partial charge in [-0.15, -0.1) is 0 Å². The first kappa shape index (κ1) is 19.7. The van der Waals surface area contributed by atoms with Crippen molar-refractivity contribution >= 4 is 11.8 Å². The fraction of sp³-hybridized carbons (Fsp3) is 0.333. The van der Waals surface area contributed by atoms with Crippen LogP contribution < -0.4 is 16.0 Å². The third-order valence-corrected chi connectivity index (χ3v) is 4.26. The van der Waals surface area contributed by atoms with Crippen LogP contribution in [-0.4, -0.2) is 30.9 Å². The minimum atomic E-state index is -0.537. The maximum atomic E-state index is 12.3. The van der Waals surface area contributed by atoms with Gasteiger partial charge in [-0.25, -0.2) is 0 Å². The second kappa shape index (κ2) is 9.73. The molecule has 0 radical (unpaired) electrons. The predicted octanol–water partition coefficient (Wildman–Crippen LogP) is 1.29. The molecule has 0 saturated heterocycles. The number of carbonyl (C=O) groups excluding carboxylic acids is 2. The first-order chi connectivity index (χ1) is 12.5.